The predicted molar refractivity (Wildman–Crippen MR) is 122 cm³/mol. The Morgan fingerprint density at radius 3 is 2.61 bits per heavy atom. The van der Waals surface area contributed by atoms with Gasteiger partial charge in [-0.1, -0.05) is 23.9 Å². The fourth-order valence-electron chi connectivity index (χ4n) is 3.38. The maximum Gasteiger partial charge on any atom is 0.316 e. The lowest BCUT2D eigenvalue weighted by molar-refractivity contribution is -0.137. The minimum absolute atomic E-state index is 0.103. The van der Waals surface area contributed by atoms with Crippen LogP contribution < -0.4 is 5.32 Å². The summed E-state index contributed by atoms with van der Waals surface area (Å²) in [7, 11) is 1.35. The van der Waals surface area contributed by atoms with Crippen LogP contribution in [0.4, 0.5) is 5.69 Å². The van der Waals surface area contributed by atoms with Gasteiger partial charge in [0.25, 0.3) is 11.8 Å². The van der Waals surface area contributed by atoms with Gasteiger partial charge in [0, 0.05) is 18.8 Å². The number of thioether (sulfide) groups is 1. The second kappa shape index (κ2) is 9.49. The Balaban J connectivity index is 1.51. The lowest BCUT2D eigenvalue weighted by atomic mass is 10.1. The molecule has 0 bridgehead atoms. The highest BCUT2D eigenvalue weighted by atomic mass is 32.2. The van der Waals surface area contributed by atoms with Crippen LogP contribution in [0.15, 0.2) is 46.8 Å². The number of benzene rings is 2. The van der Waals surface area contributed by atoms with Gasteiger partial charge < -0.3 is 15.0 Å². The Morgan fingerprint density at radius 2 is 1.87 bits per heavy atom. The van der Waals surface area contributed by atoms with E-state index in [1.165, 1.54) is 30.2 Å². The number of aromatic nitrogens is 1. The van der Waals surface area contributed by atoms with Crippen molar-refractivity contribution in [3.8, 4) is 0 Å². The van der Waals surface area contributed by atoms with Crippen molar-refractivity contribution < 1.29 is 19.1 Å². The van der Waals surface area contributed by atoms with Crippen LogP contribution in [0.5, 0.6) is 0 Å². The van der Waals surface area contributed by atoms with Crippen LogP contribution in [0.3, 0.4) is 0 Å². The zero-order chi connectivity index (χ0) is 21.8. The first-order valence-electron chi connectivity index (χ1n) is 9.85. The van der Waals surface area contributed by atoms with Crippen molar-refractivity contribution in [1.29, 1.82) is 0 Å². The van der Waals surface area contributed by atoms with Gasteiger partial charge in [-0.15, -0.1) is 11.3 Å². The highest BCUT2D eigenvalue weighted by Crippen LogP contribution is 2.31. The normalized spacial score (nSPS) is 13.4. The molecule has 160 valence electrons. The molecule has 0 atom stereocenters. The molecule has 3 aromatic rings. The molecule has 0 saturated carbocycles. The summed E-state index contributed by atoms with van der Waals surface area (Å²) in [5.41, 5.74) is 2.19. The number of esters is 1. The number of thiazole rings is 1. The fourth-order valence-corrected chi connectivity index (χ4v) is 5.32. The standard InChI is InChI=1S/C22H21N3O4S2/c1-29-19(26)13-30-22-24-17-9-8-14(12-18(17)31-22)23-20(27)15-6-2-3-7-16(15)21(28)25-10-4-5-11-25/h2-3,6-9,12H,4-5,10-11,13H2,1H3,(H,23,27). The Morgan fingerprint density at radius 1 is 1.13 bits per heavy atom. The summed E-state index contributed by atoms with van der Waals surface area (Å²) in [6, 6.07) is 12.4. The van der Waals surface area contributed by atoms with Crippen LogP contribution in [-0.2, 0) is 9.53 Å². The van der Waals surface area contributed by atoms with Crippen molar-refractivity contribution >= 4 is 56.8 Å². The average Bonchev–Trinajstić information content (AvgIpc) is 3.46. The molecule has 1 aliphatic heterocycles. The van der Waals surface area contributed by atoms with E-state index in [1.54, 1.807) is 35.2 Å². The second-order valence-electron chi connectivity index (χ2n) is 7.03. The summed E-state index contributed by atoms with van der Waals surface area (Å²) >= 11 is 2.76. The first-order chi connectivity index (χ1) is 15.0. The minimum Gasteiger partial charge on any atom is -0.468 e. The summed E-state index contributed by atoms with van der Waals surface area (Å²) in [4.78, 5) is 43.4. The van der Waals surface area contributed by atoms with Gasteiger partial charge in [-0.2, -0.15) is 0 Å². The Labute approximate surface area is 187 Å². The van der Waals surface area contributed by atoms with E-state index in [9.17, 15) is 14.4 Å². The van der Waals surface area contributed by atoms with Gasteiger partial charge in [0.2, 0.25) is 0 Å². The molecule has 1 aliphatic rings. The van der Waals surface area contributed by atoms with Crippen molar-refractivity contribution in [2.75, 3.05) is 31.3 Å². The Hall–Kier alpha value is -2.91. The van der Waals surface area contributed by atoms with E-state index in [-0.39, 0.29) is 23.5 Å². The Kier molecular flexibility index (Phi) is 6.53. The lowest BCUT2D eigenvalue weighted by Gasteiger charge is -2.17. The minimum atomic E-state index is -0.327. The maximum atomic E-state index is 13.0. The third-order valence-corrected chi connectivity index (χ3v) is 7.10. The molecule has 0 aliphatic carbocycles. The number of anilines is 1. The number of carbonyl (C=O) groups is 3. The van der Waals surface area contributed by atoms with E-state index < -0.39 is 0 Å². The van der Waals surface area contributed by atoms with Gasteiger partial charge in [-0.3, -0.25) is 14.4 Å². The Bertz CT molecular complexity index is 1140. The molecule has 2 aromatic carbocycles. The molecule has 9 heteroatoms. The summed E-state index contributed by atoms with van der Waals surface area (Å²) in [5, 5.41) is 2.89. The van der Waals surface area contributed by atoms with Crippen molar-refractivity contribution in [2.45, 2.75) is 17.2 Å². The highest BCUT2D eigenvalue weighted by molar-refractivity contribution is 8.01. The smallest absolute Gasteiger partial charge is 0.316 e. The number of nitrogens with zero attached hydrogens (tertiary/aromatic N) is 2. The van der Waals surface area contributed by atoms with Crippen LogP contribution in [0, 0.1) is 0 Å². The number of hydrogen-bond acceptors (Lipinski definition) is 7. The van der Waals surface area contributed by atoms with Crippen LogP contribution in [0.1, 0.15) is 33.6 Å². The van der Waals surface area contributed by atoms with Gasteiger partial charge in [0.05, 0.1) is 34.2 Å². The van der Waals surface area contributed by atoms with Gasteiger partial charge in [0.1, 0.15) is 0 Å². The molecule has 2 amide bonds. The van der Waals surface area contributed by atoms with Gasteiger partial charge in [-0.05, 0) is 43.2 Å². The first-order valence-corrected chi connectivity index (χ1v) is 11.7. The summed E-state index contributed by atoms with van der Waals surface area (Å²) in [5.74, 6) is -0.540. The second-order valence-corrected chi connectivity index (χ2v) is 9.28. The molecular weight excluding hydrogens is 434 g/mol. The monoisotopic (exact) mass is 455 g/mol. The number of amides is 2. The van der Waals surface area contributed by atoms with E-state index in [4.69, 9.17) is 0 Å². The fraction of sp³-hybridized carbons (Fsp3) is 0.273. The molecule has 1 aromatic heterocycles. The van der Waals surface area contributed by atoms with Crippen LogP contribution in [-0.4, -0.2) is 53.6 Å². The van der Waals surface area contributed by atoms with Gasteiger partial charge >= 0.3 is 5.97 Å². The number of likely N-dealkylation sites (tertiary alicyclic amines) is 1. The number of methoxy groups -OCH3 is 1. The number of rotatable bonds is 6. The van der Waals surface area contributed by atoms with Crippen LogP contribution >= 0.6 is 23.1 Å². The van der Waals surface area contributed by atoms with E-state index in [0.717, 1.165) is 40.5 Å². The van der Waals surface area contributed by atoms with Gasteiger partial charge in [0.15, 0.2) is 4.34 Å². The SMILES string of the molecule is COC(=O)CSc1nc2ccc(NC(=O)c3ccccc3C(=O)N3CCCC3)cc2s1. The van der Waals surface area contributed by atoms with Crippen LogP contribution in [0.25, 0.3) is 10.2 Å². The van der Waals surface area contributed by atoms with E-state index in [2.05, 4.69) is 15.0 Å². The predicted octanol–water partition coefficient (Wildman–Crippen LogP) is 4.05. The summed E-state index contributed by atoms with van der Waals surface area (Å²) in [6.07, 6.45) is 1.99. The van der Waals surface area contributed by atoms with Crippen molar-refractivity contribution in [3.63, 3.8) is 0 Å². The van der Waals surface area contributed by atoms with Gasteiger partial charge in [-0.25, -0.2) is 4.98 Å². The molecule has 4 rings (SSSR count). The van der Waals surface area contributed by atoms with E-state index in [1.807, 2.05) is 12.1 Å². The lowest BCUT2D eigenvalue weighted by Crippen LogP contribution is -2.29. The molecule has 1 fully saturated rings. The molecule has 31 heavy (non-hydrogen) atoms. The average molecular weight is 456 g/mol. The zero-order valence-corrected chi connectivity index (χ0v) is 18.6. The topological polar surface area (TPSA) is 88.6 Å². The van der Waals surface area contributed by atoms with E-state index in [0.29, 0.717) is 16.8 Å². The first kappa shape index (κ1) is 21.3. The molecule has 0 unspecified atom stereocenters. The molecular formula is C22H21N3O4S2. The number of fused-ring (bicyclic) bond motifs is 1. The quantitative estimate of drug-likeness (QED) is 0.446. The van der Waals surface area contributed by atoms with Crippen molar-refractivity contribution in [3.05, 3.63) is 53.6 Å². The third kappa shape index (κ3) is 4.88. The van der Waals surface area contributed by atoms with Crippen LogP contribution in [0.2, 0.25) is 0 Å². The van der Waals surface area contributed by atoms with Crippen molar-refractivity contribution in [2.24, 2.45) is 0 Å². The molecule has 0 radical (unpaired) electrons. The molecule has 7 nitrogen and oxygen atoms in total. The third-order valence-electron chi connectivity index (χ3n) is 4.96. The maximum absolute atomic E-state index is 13.0. The highest BCUT2D eigenvalue weighted by Gasteiger charge is 2.24. The molecule has 1 saturated heterocycles. The molecule has 2 heterocycles. The largest absolute Gasteiger partial charge is 0.468 e. The number of nitrogens with one attached hydrogen (secondary N) is 1. The zero-order valence-electron chi connectivity index (χ0n) is 16.9. The number of carbonyl (C=O) groups excluding carboxylic acids is 3. The van der Waals surface area contributed by atoms with E-state index >= 15 is 0 Å². The molecule has 0 spiro atoms. The molecule has 1 N–H and O–H groups in total. The number of hydrogen-bond donors (Lipinski definition) is 1. The number of ether oxygens (including phenoxy) is 1. The van der Waals surface area contributed by atoms with Crippen molar-refractivity contribution in [1.82, 2.24) is 9.88 Å². The summed E-state index contributed by atoms with van der Waals surface area (Å²) < 4.78 is 6.30. The summed E-state index contributed by atoms with van der Waals surface area (Å²) in [6.45, 7) is 1.46.